The number of rotatable bonds is 8. The number of ether oxygens (including phenoxy) is 1. The van der Waals surface area contributed by atoms with Crippen molar-refractivity contribution in [2.75, 3.05) is 62.2 Å². The highest BCUT2D eigenvalue weighted by Gasteiger charge is 2.35. The average molecular weight is 604 g/mol. The lowest BCUT2D eigenvalue weighted by Crippen LogP contribution is -2.55. The van der Waals surface area contributed by atoms with Crippen LogP contribution in [0.5, 0.6) is 5.88 Å². The summed E-state index contributed by atoms with van der Waals surface area (Å²) >= 11 is 0. The van der Waals surface area contributed by atoms with E-state index >= 15 is 0 Å². The van der Waals surface area contributed by atoms with E-state index in [4.69, 9.17) is 9.72 Å². The van der Waals surface area contributed by atoms with Crippen molar-refractivity contribution in [1.82, 2.24) is 14.8 Å². The number of aryl methyl sites for hydroxylation is 1. The molecule has 1 atom stereocenters. The molecule has 6 rings (SSSR count). The van der Waals surface area contributed by atoms with Crippen LogP contribution in [0.1, 0.15) is 48.1 Å². The molecule has 3 aromatic rings. The van der Waals surface area contributed by atoms with Gasteiger partial charge < -0.3 is 19.4 Å². The van der Waals surface area contributed by atoms with Crippen LogP contribution in [0.25, 0.3) is 10.8 Å². The van der Waals surface area contributed by atoms with E-state index in [1.807, 2.05) is 0 Å². The summed E-state index contributed by atoms with van der Waals surface area (Å²) in [4.78, 5) is 26.4. The van der Waals surface area contributed by atoms with Crippen LogP contribution < -0.4 is 14.5 Å². The van der Waals surface area contributed by atoms with E-state index in [0.29, 0.717) is 44.2 Å². The number of pyridine rings is 1. The number of likely N-dealkylation sites (tertiary alicyclic amines) is 1. The molecule has 0 bridgehead atoms. The number of carbonyl (C=O) groups is 1. The monoisotopic (exact) mass is 603 g/mol. The van der Waals surface area contributed by atoms with Crippen molar-refractivity contribution in [2.24, 2.45) is 0 Å². The highest BCUT2D eigenvalue weighted by atomic mass is 16.5. The molecule has 2 aromatic carbocycles. The van der Waals surface area contributed by atoms with Crippen LogP contribution in [0.2, 0.25) is 0 Å². The Balaban J connectivity index is 1.37. The molecule has 0 saturated carbocycles. The van der Waals surface area contributed by atoms with Gasteiger partial charge in [-0.1, -0.05) is 43.3 Å². The number of nitrogens with zero attached hydrogens (tertiary/aromatic N) is 7. The van der Waals surface area contributed by atoms with E-state index in [1.54, 1.807) is 4.90 Å². The lowest BCUT2D eigenvalue weighted by Gasteiger charge is -2.43. The Kier molecular flexibility index (Phi) is 9.18. The largest absolute Gasteiger partial charge is 0.475 e. The summed E-state index contributed by atoms with van der Waals surface area (Å²) in [5.74, 6) is 0.204. The predicted octanol–water partition coefficient (Wildman–Crippen LogP) is 4.96. The van der Waals surface area contributed by atoms with Crippen LogP contribution in [0.15, 0.2) is 49.1 Å². The third kappa shape index (κ3) is 6.18. The van der Waals surface area contributed by atoms with Crippen LogP contribution in [-0.2, 0) is 17.8 Å². The van der Waals surface area contributed by atoms with Crippen LogP contribution in [0.4, 0.5) is 11.4 Å². The first-order valence-corrected chi connectivity index (χ1v) is 16.1. The highest BCUT2D eigenvalue weighted by molar-refractivity contribution is 5.97. The number of fused-ring (bicyclic) bond motifs is 2. The fourth-order valence-electron chi connectivity index (χ4n) is 7.26. The Morgan fingerprint density at radius 3 is 2.62 bits per heavy atom. The number of nitriles is 2. The van der Waals surface area contributed by atoms with Gasteiger partial charge in [0.15, 0.2) is 0 Å². The summed E-state index contributed by atoms with van der Waals surface area (Å²) in [7, 11) is 0. The number of piperidine rings is 1. The second kappa shape index (κ2) is 13.6. The third-order valence-corrected chi connectivity index (χ3v) is 9.52. The molecule has 2 fully saturated rings. The smallest absolute Gasteiger partial charge is 0.246 e. The minimum Gasteiger partial charge on any atom is -0.475 e. The fraction of sp³-hybridized carbons (Fsp3) is 0.444. The predicted molar refractivity (Wildman–Crippen MR) is 176 cm³/mol. The molecule has 1 amide bonds. The molecule has 0 unspecified atom stereocenters. The quantitative estimate of drug-likeness (QED) is 0.333. The lowest BCUT2D eigenvalue weighted by molar-refractivity contribution is -0.128. The van der Waals surface area contributed by atoms with Crippen molar-refractivity contribution < 1.29 is 9.53 Å². The SMILES string of the molecule is C=CC(=O)N1CCN(c2c(C#N)c(OCCN3CCCCC3)nc3c2CCN(c2cccc4cccc(C)c24)C3)C[C@@H]1CC#N. The number of hydrogen-bond donors (Lipinski definition) is 0. The molecular weight excluding hydrogens is 562 g/mol. The van der Waals surface area contributed by atoms with Gasteiger partial charge in [0.2, 0.25) is 11.8 Å². The normalized spacial score (nSPS) is 18.6. The molecule has 45 heavy (non-hydrogen) atoms. The molecule has 9 nitrogen and oxygen atoms in total. The molecule has 232 valence electrons. The van der Waals surface area contributed by atoms with Gasteiger partial charge in [-0.15, -0.1) is 0 Å². The zero-order valence-electron chi connectivity index (χ0n) is 26.2. The highest BCUT2D eigenvalue weighted by Crippen LogP contribution is 2.40. The Labute approximate surface area is 265 Å². The number of amides is 1. The Morgan fingerprint density at radius 2 is 1.87 bits per heavy atom. The van der Waals surface area contributed by atoms with Gasteiger partial charge in [0.1, 0.15) is 18.2 Å². The maximum Gasteiger partial charge on any atom is 0.246 e. The molecule has 0 radical (unpaired) electrons. The Morgan fingerprint density at radius 1 is 1.07 bits per heavy atom. The van der Waals surface area contributed by atoms with Gasteiger partial charge in [-0.2, -0.15) is 10.5 Å². The Hall–Kier alpha value is -4.60. The number of anilines is 2. The van der Waals surface area contributed by atoms with E-state index in [0.717, 1.165) is 49.5 Å². The molecule has 4 heterocycles. The third-order valence-electron chi connectivity index (χ3n) is 9.52. The van der Waals surface area contributed by atoms with Gasteiger partial charge in [-0.05, 0) is 62.4 Å². The average Bonchev–Trinajstić information content (AvgIpc) is 3.07. The van der Waals surface area contributed by atoms with Crippen molar-refractivity contribution in [3.63, 3.8) is 0 Å². The van der Waals surface area contributed by atoms with Gasteiger partial charge in [0.05, 0.1) is 36.5 Å². The number of benzene rings is 2. The zero-order chi connectivity index (χ0) is 31.3. The van der Waals surface area contributed by atoms with E-state index in [9.17, 15) is 15.3 Å². The second-order valence-electron chi connectivity index (χ2n) is 12.2. The number of aromatic nitrogens is 1. The van der Waals surface area contributed by atoms with Gasteiger partial charge >= 0.3 is 0 Å². The standard InChI is InChI=1S/C36H41N7O2/c1-3-33(44)43-20-19-42(24-28(43)13-15-37)35-29-14-18-41(32-12-8-11-27-10-7-9-26(2)34(27)32)25-31(29)39-36(30(35)23-38)45-22-21-40-16-5-4-6-17-40/h3,7-12,28H,1,4-6,13-14,16-22,24-25H2,2H3/t28-/m0/s1. The molecule has 0 N–H and O–H groups in total. The summed E-state index contributed by atoms with van der Waals surface area (Å²) in [5, 5.41) is 22.6. The van der Waals surface area contributed by atoms with Crippen molar-refractivity contribution in [3.8, 4) is 18.0 Å². The minimum absolute atomic E-state index is 0.171. The van der Waals surface area contributed by atoms with Crippen molar-refractivity contribution in [2.45, 2.75) is 51.6 Å². The molecule has 0 spiro atoms. The zero-order valence-corrected chi connectivity index (χ0v) is 26.2. The summed E-state index contributed by atoms with van der Waals surface area (Å²) < 4.78 is 6.36. The number of carbonyl (C=O) groups excluding carboxylic acids is 1. The van der Waals surface area contributed by atoms with E-state index < -0.39 is 0 Å². The van der Waals surface area contributed by atoms with Gasteiger partial charge in [-0.25, -0.2) is 4.98 Å². The fourth-order valence-corrected chi connectivity index (χ4v) is 7.26. The first kappa shape index (κ1) is 30.4. The van der Waals surface area contributed by atoms with Crippen LogP contribution in [0.3, 0.4) is 0 Å². The van der Waals surface area contributed by atoms with Gasteiger partial charge in [0, 0.05) is 49.4 Å². The topological polar surface area (TPSA) is 99.7 Å². The molecular formula is C36H41N7O2. The first-order valence-electron chi connectivity index (χ1n) is 16.1. The van der Waals surface area contributed by atoms with E-state index in [1.165, 1.54) is 47.4 Å². The number of piperazine rings is 1. The minimum atomic E-state index is -0.299. The summed E-state index contributed by atoms with van der Waals surface area (Å²) in [6.45, 7) is 12.1. The van der Waals surface area contributed by atoms with Crippen molar-refractivity contribution in [1.29, 1.82) is 10.5 Å². The molecule has 3 aliphatic rings. The van der Waals surface area contributed by atoms with E-state index in [2.05, 4.69) is 76.7 Å². The van der Waals surface area contributed by atoms with Crippen molar-refractivity contribution in [3.05, 3.63) is 71.4 Å². The van der Waals surface area contributed by atoms with Crippen LogP contribution >= 0.6 is 0 Å². The summed E-state index contributed by atoms with van der Waals surface area (Å²) in [6.07, 6.45) is 5.93. The van der Waals surface area contributed by atoms with Crippen molar-refractivity contribution >= 4 is 28.1 Å². The maximum atomic E-state index is 12.6. The number of hydrogen-bond acceptors (Lipinski definition) is 8. The first-order chi connectivity index (χ1) is 22.0. The second-order valence-corrected chi connectivity index (χ2v) is 12.2. The maximum absolute atomic E-state index is 12.6. The molecule has 9 heteroatoms. The van der Waals surface area contributed by atoms with E-state index in [-0.39, 0.29) is 18.4 Å². The van der Waals surface area contributed by atoms with Gasteiger partial charge in [-0.3, -0.25) is 9.69 Å². The molecule has 2 saturated heterocycles. The summed E-state index contributed by atoms with van der Waals surface area (Å²) in [6, 6.07) is 17.3. The van der Waals surface area contributed by atoms with Gasteiger partial charge in [0.25, 0.3) is 0 Å². The molecule has 0 aliphatic carbocycles. The Bertz CT molecular complexity index is 1660. The molecule has 1 aromatic heterocycles. The summed E-state index contributed by atoms with van der Waals surface area (Å²) in [5.41, 5.74) is 5.68. The van der Waals surface area contributed by atoms with Crippen LogP contribution in [-0.4, -0.2) is 79.2 Å². The van der Waals surface area contributed by atoms with Crippen LogP contribution in [0, 0.1) is 29.6 Å². The lowest BCUT2D eigenvalue weighted by atomic mass is 9.95. The molecule has 3 aliphatic heterocycles.